The highest BCUT2D eigenvalue weighted by atomic mass is 16.5. The summed E-state index contributed by atoms with van der Waals surface area (Å²) in [6, 6.07) is 20.0. The minimum Gasteiger partial charge on any atom is -0.493 e. The predicted molar refractivity (Wildman–Crippen MR) is 129 cm³/mol. The summed E-state index contributed by atoms with van der Waals surface area (Å²) in [6.45, 7) is 0.998. The third kappa shape index (κ3) is 3.80. The van der Waals surface area contributed by atoms with E-state index in [1.807, 2.05) is 0 Å². The van der Waals surface area contributed by atoms with Gasteiger partial charge in [0.25, 0.3) is 0 Å². The molecule has 33 heavy (non-hydrogen) atoms. The van der Waals surface area contributed by atoms with E-state index in [1.54, 1.807) is 28.4 Å². The molecule has 0 saturated carbocycles. The van der Waals surface area contributed by atoms with Crippen LogP contribution in [0, 0.1) is 0 Å². The van der Waals surface area contributed by atoms with Crippen molar-refractivity contribution in [3.8, 4) is 23.0 Å². The van der Waals surface area contributed by atoms with Gasteiger partial charge in [-0.05, 0) is 71.3 Å². The zero-order chi connectivity index (χ0) is 22.9. The van der Waals surface area contributed by atoms with Crippen molar-refractivity contribution in [2.45, 2.75) is 31.3 Å². The highest BCUT2D eigenvalue weighted by Crippen LogP contribution is 2.49. The Labute approximate surface area is 195 Å². The molecule has 172 valence electrons. The van der Waals surface area contributed by atoms with E-state index < -0.39 is 0 Å². The second kappa shape index (κ2) is 8.99. The maximum Gasteiger partial charge on any atom is 0.161 e. The average molecular weight is 446 g/mol. The quantitative estimate of drug-likeness (QED) is 0.524. The van der Waals surface area contributed by atoms with Crippen LogP contribution in [-0.4, -0.2) is 39.9 Å². The molecule has 2 heterocycles. The molecule has 0 N–H and O–H groups in total. The van der Waals surface area contributed by atoms with E-state index in [1.165, 1.54) is 27.8 Å². The Bertz CT molecular complexity index is 1140. The molecule has 2 aliphatic heterocycles. The molecule has 0 spiro atoms. The van der Waals surface area contributed by atoms with Crippen molar-refractivity contribution in [1.29, 1.82) is 0 Å². The van der Waals surface area contributed by atoms with Crippen molar-refractivity contribution in [2.75, 3.05) is 35.0 Å². The first-order valence-electron chi connectivity index (χ1n) is 11.5. The van der Waals surface area contributed by atoms with Gasteiger partial charge in [0.15, 0.2) is 23.0 Å². The molecular formula is C28H31NO4. The van der Waals surface area contributed by atoms with Crippen LogP contribution in [0.4, 0.5) is 0 Å². The van der Waals surface area contributed by atoms with Crippen LogP contribution in [0.2, 0.25) is 0 Å². The van der Waals surface area contributed by atoms with Crippen LogP contribution >= 0.6 is 0 Å². The first-order valence-corrected chi connectivity index (χ1v) is 11.5. The van der Waals surface area contributed by atoms with Crippen molar-refractivity contribution in [1.82, 2.24) is 4.90 Å². The number of hydrogen-bond acceptors (Lipinski definition) is 5. The lowest BCUT2D eigenvalue weighted by molar-refractivity contribution is 0.106. The van der Waals surface area contributed by atoms with E-state index in [0.29, 0.717) is 0 Å². The summed E-state index contributed by atoms with van der Waals surface area (Å²) in [5.74, 6) is 3.16. The van der Waals surface area contributed by atoms with E-state index in [9.17, 15) is 0 Å². The zero-order valence-corrected chi connectivity index (χ0v) is 19.8. The molecule has 0 radical (unpaired) electrons. The number of methoxy groups -OCH3 is 4. The highest BCUT2D eigenvalue weighted by Gasteiger charge is 2.39. The lowest BCUT2D eigenvalue weighted by Gasteiger charge is -2.47. The Morgan fingerprint density at radius 2 is 1.30 bits per heavy atom. The molecule has 0 aliphatic carbocycles. The first-order chi connectivity index (χ1) is 16.2. The standard InChI is InChI=1S/C28H31NO4/c1-30-25-14-19-10-11-29-23(12-18-8-6-5-7-9-18)22-17-28(33-4)26(31-2)15-20(22)13-24(29)21(19)16-27(25)32-3/h5-9,14-17,23-24H,10-13H2,1-4H3/t23-,24+/m0/s1. The SMILES string of the molecule is COc1cc2c(cc1OC)[C@H]1Cc3cc(OC)c(OC)cc3[C@H](Cc3ccccc3)N1CC2. The van der Waals surface area contributed by atoms with Crippen LogP contribution < -0.4 is 18.9 Å². The topological polar surface area (TPSA) is 40.2 Å². The van der Waals surface area contributed by atoms with Crippen molar-refractivity contribution in [3.63, 3.8) is 0 Å². The molecule has 5 nitrogen and oxygen atoms in total. The van der Waals surface area contributed by atoms with Crippen LogP contribution in [0.5, 0.6) is 23.0 Å². The fourth-order valence-corrected chi connectivity index (χ4v) is 5.52. The molecule has 2 atom stereocenters. The minimum atomic E-state index is 0.252. The van der Waals surface area contributed by atoms with E-state index in [-0.39, 0.29) is 12.1 Å². The molecular weight excluding hydrogens is 414 g/mol. The number of hydrogen-bond donors (Lipinski definition) is 0. The Morgan fingerprint density at radius 1 is 0.727 bits per heavy atom. The molecule has 0 unspecified atom stereocenters. The van der Waals surface area contributed by atoms with Crippen LogP contribution in [0.15, 0.2) is 54.6 Å². The molecule has 5 rings (SSSR count). The van der Waals surface area contributed by atoms with Crippen molar-refractivity contribution in [3.05, 3.63) is 82.4 Å². The van der Waals surface area contributed by atoms with E-state index in [0.717, 1.165) is 48.8 Å². The Kier molecular flexibility index (Phi) is 5.90. The normalized spacial score (nSPS) is 19.2. The van der Waals surface area contributed by atoms with Gasteiger partial charge in [-0.15, -0.1) is 0 Å². The maximum absolute atomic E-state index is 5.68. The number of benzene rings is 3. The van der Waals surface area contributed by atoms with Gasteiger partial charge in [0, 0.05) is 18.6 Å². The molecule has 0 fully saturated rings. The van der Waals surface area contributed by atoms with Crippen LogP contribution in [-0.2, 0) is 19.3 Å². The Balaban J connectivity index is 1.63. The molecule has 0 bridgehead atoms. The highest BCUT2D eigenvalue weighted by molar-refractivity contribution is 5.54. The van der Waals surface area contributed by atoms with Gasteiger partial charge >= 0.3 is 0 Å². The number of fused-ring (bicyclic) bond motifs is 4. The molecule has 0 aromatic heterocycles. The smallest absolute Gasteiger partial charge is 0.161 e. The van der Waals surface area contributed by atoms with Gasteiger partial charge in [0.1, 0.15) is 0 Å². The second-order valence-electron chi connectivity index (χ2n) is 8.73. The fourth-order valence-electron chi connectivity index (χ4n) is 5.52. The third-order valence-electron chi connectivity index (χ3n) is 7.13. The van der Waals surface area contributed by atoms with Crippen LogP contribution in [0.3, 0.4) is 0 Å². The van der Waals surface area contributed by atoms with Gasteiger partial charge in [0.2, 0.25) is 0 Å². The van der Waals surface area contributed by atoms with Crippen LogP contribution in [0.1, 0.15) is 39.9 Å². The summed E-state index contributed by atoms with van der Waals surface area (Å²) < 4.78 is 22.6. The average Bonchev–Trinajstić information content (AvgIpc) is 2.87. The lowest BCUT2D eigenvalue weighted by Crippen LogP contribution is -2.43. The van der Waals surface area contributed by atoms with Crippen molar-refractivity contribution < 1.29 is 18.9 Å². The second-order valence-corrected chi connectivity index (χ2v) is 8.73. The minimum absolute atomic E-state index is 0.252. The predicted octanol–water partition coefficient (Wildman–Crippen LogP) is 5.16. The maximum atomic E-state index is 5.68. The fraction of sp³-hybridized carbons (Fsp3) is 0.357. The van der Waals surface area contributed by atoms with Gasteiger partial charge in [-0.25, -0.2) is 0 Å². The molecule has 2 aliphatic rings. The van der Waals surface area contributed by atoms with Crippen molar-refractivity contribution in [2.24, 2.45) is 0 Å². The van der Waals surface area contributed by atoms with Gasteiger partial charge in [0.05, 0.1) is 28.4 Å². The van der Waals surface area contributed by atoms with E-state index >= 15 is 0 Å². The van der Waals surface area contributed by atoms with E-state index in [4.69, 9.17) is 18.9 Å². The molecule has 0 amide bonds. The Hall–Kier alpha value is -3.18. The third-order valence-corrected chi connectivity index (χ3v) is 7.13. The largest absolute Gasteiger partial charge is 0.493 e. The van der Waals surface area contributed by atoms with E-state index in [2.05, 4.69) is 59.5 Å². The van der Waals surface area contributed by atoms with Crippen LogP contribution in [0.25, 0.3) is 0 Å². The summed E-state index contributed by atoms with van der Waals surface area (Å²) >= 11 is 0. The Morgan fingerprint density at radius 3 is 1.94 bits per heavy atom. The van der Waals surface area contributed by atoms with Gasteiger partial charge in [-0.3, -0.25) is 4.90 Å². The van der Waals surface area contributed by atoms with Gasteiger partial charge < -0.3 is 18.9 Å². The number of nitrogens with zero attached hydrogens (tertiary/aromatic N) is 1. The molecule has 3 aromatic rings. The first kappa shape index (κ1) is 21.7. The summed E-state index contributed by atoms with van der Waals surface area (Å²) in [4.78, 5) is 2.66. The monoisotopic (exact) mass is 445 g/mol. The number of ether oxygens (including phenoxy) is 4. The molecule has 5 heteroatoms. The summed E-state index contributed by atoms with van der Waals surface area (Å²) in [7, 11) is 6.81. The lowest BCUT2D eigenvalue weighted by atomic mass is 9.79. The zero-order valence-electron chi connectivity index (χ0n) is 19.8. The van der Waals surface area contributed by atoms with Gasteiger partial charge in [-0.1, -0.05) is 30.3 Å². The van der Waals surface area contributed by atoms with Gasteiger partial charge in [-0.2, -0.15) is 0 Å². The molecule has 0 saturated heterocycles. The summed E-state index contributed by atoms with van der Waals surface area (Å²) in [5.41, 5.74) is 6.66. The molecule has 3 aromatic carbocycles. The summed E-state index contributed by atoms with van der Waals surface area (Å²) in [5, 5.41) is 0. The number of rotatable bonds is 6. The van der Waals surface area contributed by atoms with Crippen molar-refractivity contribution >= 4 is 0 Å². The summed E-state index contributed by atoms with van der Waals surface area (Å²) in [6.07, 6.45) is 2.85.